The lowest BCUT2D eigenvalue weighted by Gasteiger charge is -2.21. The number of aliphatic carboxylic acids is 2. The zero-order chi connectivity index (χ0) is 17.3. The summed E-state index contributed by atoms with van der Waals surface area (Å²) in [5.74, 6) is -6.68. The largest absolute Gasteiger partial charge is 0.549 e. The van der Waals surface area contributed by atoms with Crippen molar-refractivity contribution >= 4 is 34.1 Å². The Morgan fingerprint density at radius 2 is 1.35 bits per heavy atom. The number of hydrogen-bond acceptors (Lipinski definition) is 8. The number of carbonyl (C=O) groups excluding carboxylic acids is 2. The van der Waals surface area contributed by atoms with Crippen LogP contribution in [0.25, 0.3) is 10.8 Å². The molecule has 2 rings (SSSR count). The van der Waals surface area contributed by atoms with Crippen molar-refractivity contribution in [3.8, 4) is 0 Å². The molecule has 0 radical (unpaired) electrons. The van der Waals surface area contributed by atoms with Gasteiger partial charge in [0.15, 0.2) is 0 Å². The average Bonchev–Trinajstić information content (AvgIpc) is 2.45. The number of carboxylic acid groups (broad SMARTS) is 2. The first-order valence-corrected chi connectivity index (χ1v) is 6.01. The Hall–Kier alpha value is -3.56. The highest BCUT2D eigenvalue weighted by molar-refractivity contribution is 6.06. The maximum absolute atomic E-state index is 11.1. The molecule has 0 saturated carbocycles. The Balaban J connectivity index is 3.03. The van der Waals surface area contributed by atoms with E-state index in [0.29, 0.717) is 6.07 Å². The van der Waals surface area contributed by atoms with E-state index in [-0.39, 0.29) is 10.8 Å². The molecule has 10 nitrogen and oxygen atoms in total. The smallest absolute Gasteiger partial charge is 0.284 e. The van der Waals surface area contributed by atoms with Gasteiger partial charge >= 0.3 is 0 Å². The van der Waals surface area contributed by atoms with E-state index in [0.717, 1.165) is 6.07 Å². The summed E-state index contributed by atoms with van der Waals surface area (Å²) in [7, 11) is 0. The van der Waals surface area contributed by atoms with Crippen LogP contribution in [-0.2, 0) is 9.59 Å². The monoisotopic (exact) mass is 318 g/mol. The van der Waals surface area contributed by atoms with Crippen molar-refractivity contribution in [2.45, 2.75) is 5.92 Å². The van der Waals surface area contributed by atoms with Gasteiger partial charge in [-0.15, -0.1) is 0 Å². The molecule has 0 aromatic heterocycles. The SMILES string of the molecule is O=C([O-])C(C(=O)[O-])c1c([N+](=O)[O-])cc([N+](=O)[O-])c2ccccc12. The fourth-order valence-corrected chi connectivity index (χ4v) is 2.30. The van der Waals surface area contributed by atoms with Crippen molar-refractivity contribution in [3.63, 3.8) is 0 Å². The molecule has 0 N–H and O–H groups in total. The quantitative estimate of drug-likeness (QED) is 0.394. The van der Waals surface area contributed by atoms with Crippen molar-refractivity contribution in [3.05, 3.63) is 56.1 Å². The van der Waals surface area contributed by atoms with Crippen molar-refractivity contribution in [1.82, 2.24) is 0 Å². The Morgan fingerprint density at radius 1 is 0.870 bits per heavy atom. The van der Waals surface area contributed by atoms with E-state index in [9.17, 15) is 40.0 Å². The second kappa shape index (κ2) is 5.67. The highest BCUT2D eigenvalue weighted by atomic mass is 16.6. The van der Waals surface area contributed by atoms with E-state index < -0.39 is 44.6 Å². The van der Waals surface area contributed by atoms with Crippen LogP contribution in [0.2, 0.25) is 0 Å². The molecule has 0 heterocycles. The van der Waals surface area contributed by atoms with Crippen molar-refractivity contribution < 1.29 is 29.6 Å². The van der Waals surface area contributed by atoms with Crippen molar-refractivity contribution in [2.75, 3.05) is 0 Å². The van der Waals surface area contributed by atoms with E-state index in [1.54, 1.807) is 0 Å². The third-order valence-electron chi connectivity index (χ3n) is 3.20. The Labute approximate surface area is 126 Å². The van der Waals surface area contributed by atoms with Crippen LogP contribution < -0.4 is 10.2 Å². The molecule has 0 aliphatic carbocycles. The molecule has 118 valence electrons. The zero-order valence-electron chi connectivity index (χ0n) is 11.1. The van der Waals surface area contributed by atoms with Gasteiger partial charge in [0.1, 0.15) is 0 Å². The lowest BCUT2D eigenvalue weighted by Crippen LogP contribution is -2.42. The lowest BCUT2D eigenvalue weighted by atomic mass is 9.91. The Bertz CT molecular complexity index is 846. The maximum atomic E-state index is 11.1. The molecular weight excluding hydrogens is 312 g/mol. The Morgan fingerprint density at radius 3 is 1.78 bits per heavy atom. The van der Waals surface area contributed by atoms with Gasteiger partial charge in [0.25, 0.3) is 11.4 Å². The predicted molar refractivity (Wildman–Crippen MR) is 70.0 cm³/mol. The summed E-state index contributed by atoms with van der Waals surface area (Å²) in [4.78, 5) is 42.4. The minimum Gasteiger partial charge on any atom is -0.549 e. The highest BCUT2D eigenvalue weighted by Crippen LogP contribution is 2.39. The predicted octanol–water partition coefficient (Wildman–Crippen LogP) is -0.760. The number of rotatable bonds is 5. The summed E-state index contributed by atoms with van der Waals surface area (Å²) in [5.41, 5.74) is -2.38. The average molecular weight is 318 g/mol. The molecule has 0 saturated heterocycles. The molecule has 23 heavy (non-hydrogen) atoms. The van der Waals surface area contributed by atoms with Crippen LogP contribution in [0.3, 0.4) is 0 Å². The van der Waals surface area contributed by atoms with Crippen LogP contribution in [0.15, 0.2) is 30.3 Å². The molecule has 0 aliphatic heterocycles. The van der Waals surface area contributed by atoms with Gasteiger partial charge in [0, 0.05) is 0 Å². The van der Waals surface area contributed by atoms with Crippen LogP contribution in [0.5, 0.6) is 0 Å². The lowest BCUT2D eigenvalue weighted by molar-refractivity contribution is -0.393. The summed E-state index contributed by atoms with van der Waals surface area (Å²) in [5, 5.41) is 44.0. The maximum Gasteiger partial charge on any atom is 0.284 e. The molecule has 0 aliphatic rings. The normalized spacial score (nSPS) is 10.7. The fourth-order valence-electron chi connectivity index (χ4n) is 2.30. The number of carboxylic acids is 2. The number of carbonyl (C=O) groups is 2. The Kier molecular flexibility index (Phi) is 3.90. The molecule has 0 atom stereocenters. The molecular formula is C13H6N2O8-2. The molecule has 0 spiro atoms. The van der Waals surface area contributed by atoms with Crippen LogP contribution in [0, 0.1) is 20.2 Å². The second-order valence-electron chi connectivity index (χ2n) is 4.46. The third-order valence-corrected chi connectivity index (χ3v) is 3.20. The van der Waals surface area contributed by atoms with E-state index in [2.05, 4.69) is 0 Å². The molecule has 2 aromatic rings. The molecule has 0 amide bonds. The summed E-state index contributed by atoms with van der Waals surface area (Å²) in [6.45, 7) is 0. The summed E-state index contributed by atoms with van der Waals surface area (Å²) in [6.07, 6.45) is 0. The van der Waals surface area contributed by atoms with Gasteiger partial charge in [0.2, 0.25) is 0 Å². The first-order valence-electron chi connectivity index (χ1n) is 6.01. The minimum atomic E-state index is -2.44. The molecule has 0 unspecified atom stereocenters. The van der Waals surface area contributed by atoms with Crippen LogP contribution in [0.1, 0.15) is 11.5 Å². The highest BCUT2D eigenvalue weighted by Gasteiger charge is 2.31. The summed E-state index contributed by atoms with van der Waals surface area (Å²) >= 11 is 0. The molecule has 0 bridgehead atoms. The molecule has 0 fully saturated rings. The number of hydrogen-bond donors (Lipinski definition) is 0. The van der Waals surface area contributed by atoms with Crippen molar-refractivity contribution in [2.24, 2.45) is 0 Å². The van der Waals surface area contributed by atoms with Gasteiger partial charge < -0.3 is 19.8 Å². The number of nitro benzene ring substituents is 2. The molecule has 2 aromatic carbocycles. The van der Waals surface area contributed by atoms with Gasteiger partial charge in [-0.3, -0.25) is 20.2 Å². The second-order valence-corrected chi connectivity index (χ2v) is 4.46. The van der Waals surface area contributed by atoms with Gasteiger partial charge in [-0.2, -0.15) is 0 Å². The van der Waals surface area contributed by atoms with Gasteiger partial charge in [-0.25, -0.2) is 0 Å². The number of non-ortho nitro benzene ring substituents is 1. The fraction of sp³-hybridized carbons (Fsp3) is 0.0769. The number of nitro groups is 2. The number of nitrogens with zero attached hydrogens (tertiary/aromatic N) is 2. The van der Waals surface area contributed by atoms with E-state index >= 15 is 0 Å². The van der Waals surface area contributed by atoms with Gasteiger partial charge in [0.05, 0.1) is 44.7 Å². The zero-order valence-corrected chi connectivity index (χ0v) is 11.1. The first-order chi connectivity index (χ1) is 10.8. The summed E-state index contributed by atoms with van der Waals surface area (Å²) in [6, 6.07) is 5.63. The number of fused-ring (bicyclic) bond motifs is 1. The van der Waals surface area contributed by atoms with Crippen LogP contribution in [0.4, 0.5) is 11.4 Å². The minimum absolute atomic E-state index is 0.134. The topological polar surface area (TPSA) is 167 Å². The van der Waals surface area contributed by atoms with Gasteiger partial charge in [-0.1, -0.05) is 18.2 Å². The van der Waals surface area contributed by atoms with E-state index in [1.165, 1.54) is 18.2 Å². The van der Waals surface area contributed by atoms with Crippen molar-refractivity contribution in [1.29, 1.82) is 0 Å². The standard InChI is InChI=1S/C13H8N2O8/c16-12(17)11(13(18)19)10-7-4-2-1-3-6(7)8(14(20)21)5-9(10)15(22)23/h1-5,11H,(H,16,17)(H,18,19)/p-2. The molecule has 10 heteroatoms. The van der Waals surface area contributed by atoms with Gasteiger partial charge in [-0.05, 0) is 11.5 Å². The summed E-state index contributed by atoms with van der Waals surface area (Å²) < 4.78 is 0. The first kappa shape index (κ1) is 15.8. The number of benzene rings is 2. The van der Waals surface area contributed by atoms with Crippen LogP contribution >= 0.6 is 0 Å². The van der Waals surface area contributed by atoms with E-state index in [1.807, 2.05) is 0 Å². The third kappa shape index (κ3) is 2.64. The van der Waals surface area contributed by atoms with E-state index in [4.69, 9.17) is 0 Å². The van der Waals surface area contributed by atoms with Crippen LogP contribution in [-0.4, -0.2) is 21.8 Å².